The van der Waals surface area contributed by atoms with E-state index in [0.717, 1.165) is 12.4 Å². The van der Waals surface area contributed by atoms with Crippen LogP contribution in [0.5, 0.6) is 5.75 Å². The fraction of sp³-hybridized carbons (Fsp3) is 0.588. The molecule has 0 saturated carbocycles. The van der Waals surface area contributed by atoms with Gasteiger partial charge in [0.2, 0.25) is 0 Å². The van der Waals surface area contributed by atoms with Gasteiger partial charge in [-0.25, -0.2) is 0 Å². The summed E-state index contributed by atoms with van der Waals surface area (Å²) in [5, 5.41) is 6.89. The molecule has 3 nitrogen and oxygen atoms in total. The largest absolute Gasteiger partial charge is 0.494 e. The molecular formula is C17H28O3. The molecule has 0 spiro atoms. The summed E-state index contributed by atoms with van der Waals surface area (Å²) < 4.78 is 5.65. The molecule has 0 aliphatic heterocycles. The number of hydrogen-bond acceptors (Lipinski definition) is 2. The van der Waals surface area contributed by atoms with Crippen LogP contribution in [0.4, 0.5) is 0 Å². The second kappa shape index (κ2) is 15.5. The minimum absolute atomic E-state index is 0.250. The normalized spacial score (nSPS) is 9.45. The lowest BCUT2D eigenvalue weighted by Crippen LogP contribution is -1.96. The van der Waals surface area contributed by atoms with E-state index in [2.05, 4.69) is 6.92 Å². The highest BCUT2D eigenvalue weighted by molar-refractivity contribution is 5.32. The van der Waals surface area contributed by atoms with Gasteiger partial charge in [0.25, 0.3) is 6.47 Å². The molecule has 0 bridgehead atoms. The summed E-state index contributed by atoms with van der Waals surface area (Å²) in [5.41, 5.74) is 0. The summed E-state index contributed by atoms with van der Waals surface area (Å²) in [4.78, 5) is 8.36. The van der Waals surface area contributed by atoms with E-state index >= 15 is 0 Å². The fourth-order valence-corrected chi connectivity index (χ4v) is 1.94. The molecule has 3 heteroatoms. The van der Waals surface area contributed by atoms with Crippen molar-refractivity contribution in [2.75, 3.05) is 6.61 Å². The predicted octanol–water partition coefficient (Wildman–Crippen LogP) is 4.91. The first-order valence-electron chi connectivity index (χ1n) is 7.60. The minimum Gasteiger partial charge on any atom is -0.494 e. The molecule has 1 aromatic carbocycles. The van der Waals surface area contributed by atoms with Crippen molar-refractivity contribution in [2.24, 2.45) is 0 Å². The van der Waals surface area contributed by atoms with Gasteiger partial charge in [0.05, 0.1) is 6.61 Å². The van der Waals surface area contributed by atoms with Crippen molar-refractivity contribution in [3.05, 3.63) is 30.3 Å². The Balaban J connectivity index is 0.00000110. The minimum atomic E-state index is -0.250. The first-order chi connectivity index (χ1) is 9.85. The lowest BCUT2D eigenvalue weighted by Gasteiger charge is -2.05. The maximum atomic E-state index is 8.36. The van der Waals surface area contributed by atoms with Gasteiger partial charge in [0.15, 0.2) is 0 Å². The standard InChI is InChI=1S/C16H26O.CH2O2/c1-2-3-4-5-6-7-8-12-15-17-16-13-10-9-11-14-16;2-1-3/h9-11,13-14H,2-8,12,15H2,1H3;1H,(H,2,3). The first-order valence-corrected chi connectivity index (χ1v) is 7.60. The van der Waals surface area contributed by atoms with E-state index in [1.165, 1.54) is 51.4 Å². The van der Waals surface area contributed by atoms with Gasteiger partial charge >= 0.3 is 0 Å². The lowest BCUT2D eigenvalue weighted by atomic mass is 10.1. The number of benzene rings is 1. The quantitative estimate of drug-likeness (QED) is 0.489. The molecule has 0 aliphatic rings. The third-order valence-corrected chi connectivity index (χ3v) is 3.01. The Morgan fingerprint density at radius 1 is 0.950 bits per heavy atom. The summed E-state index contributed by atoms with van der Waals surface area (Å²) >= 11 is 0. The molecule has 0 fully saturated rings. The lowest BCUT2D eigenvalue weighted by molar-refractivity contribution is -0.122. The molecular weight excluding hydrogens is 252 g/mol. The SMILES string of the molecule is CCCCCCCCCCOc1ccccc1.O=CO. The van der Waals surface area contributed by atoms with Crippen molar-refractivity contribution in [2.45, 2.75) is 58.3 Å². The number of unbranched alkanes of at least 4 members (excludes halogenated alkanes) is 7. The molecule has 0 radical (unpaired) electrons. The van der Waals surface area contributed by atoms with Crippen LogP contribution in [0, 0.1) is 0 Å². The van der Waals surface area contributed by atoms with Gasteiger partial charge in [-0.1, -0.05) is 70.1 Å². The smallest absolute Gasteiger partial charge is 0.290 e. The van der Waals surface area contributed by atoms with Gasteiger partial charge in [-0.05, 0) is 18.6 Å². The van der Waals surface area contributed by atoms with E-state index in [1.54, 1.807) is 0 Å². The van der Waals surface area contributed by atoms with E-state index in [1.807, 2.05) is 30.3 Å². The Hall–Kier alpha value is -1.51. The van der Waals surface area contributed by atoms with Crippen molar-refractivity contribution in [1.29, 1.82) is 0 Å². The molecule has 20 heavy (non-hydrogen) atoms. The van der Waals surface area contributed by atoms with E-state index in [4.69, 9.17) is 14.6 Å². The molecule has 0 unspecified atom stereocenters. The van der Waals surface area contributed by atoms with Crippen molar-refractivity contribution in [1.82, 2.24) is 0 Å². The molecule has 1 N–H and O–H groups in total. The Labute approximate surface area is 123 Å². The maximum absolute atomic E-state index is 8.36. The molecule has 0 saturated heterocycles. The second-order valence-corrected chi connectivity index (χ2v) is 4.74. The summed E-state index contributed by atoms with van der Waals surface area (Å²) in [6.07, 6.45) is 10.8. The zero-order valence-corrected chi connectivity index (χ0v) is 12.6. The van der Waals surface area contributed by atoms with Crippen LogP contribution in [-0.2, 0) is 4.79 Å². The zero-order chi connectivity index (χ0) is 14.9. The number of rotatable bonds is 10. The van der Waals surface area contributed by atoms with Gasteiger partial charge < -0.3 is 9.84 Å². The molecule has 0 aromatic heterocycles. The van der Waals surface area contributed by atoms with Crippen molar-refractivity contribution in [3.8, 4) is 5.75 Å². The molecule has 0 aliphatic carbocycles. The Bertz CT molecular complexity index is 298. The van der Waals surface area contributed by atoms with Crippen molar-refractivity contribution < 1.29 is 14.6 Å². The van der Waals surface area contributed by atoms with Gasteiger partial charge in [-0.15, -0.1) is 0 Å². The second-order valence-electron chi connectivity index (χ2n) is 4.74. The van der Waals surface area contributed by atoms with Crippen LogP contribution in [0.1, 0.15) is 58.3 Å². The van der Waals surface area contributed by atoms with E-state index in [-0.39, 0.29) is 6.47 Å². The molecule has 1 aromatic rings. The van der Waals surface area contributed by atoms with E-state index in [0.29, 0.717) is 0 Å². The monoisotopic (exact) mass is 280 g/mol. The molecule has 0 heterocycles. The molecule has 1 rings (SSSR count). The van der Waals surface area contributed by atoms with E-state index < -0.39 is 0 Å². The van der Waals surface area contributed by atoms with Crippen LogP contribution in [0.15, 0.2) is 30.3 Å². The predicted molar refractivity (Wildman–Crippen MR) is 83.2 cm³/mol. The molecule has 114 valence electrons. The van der Waals surface area contributed by atoms with Crippen LogP contribution >= 0.6 is 0 Å². The summed E-state index contributed by atoms with van der Waals surface area (Å²) in [7, 11) is 0. The number of hydrogen-bond donors (Lipinski definition) is 1. The van der Waals surface area contributed by atoms with E-state index in [9.17, 15) is 0 Å². The van der Waals surface area contributed by atoms with Gasteiger partial charge in [-0.3, -0.25) is 4.79 Å². The fourth-order valence-electron chi connectivity index (χ4n) is 1.94. The Kier molecular flexibility index (Phi) is 14.4. The number of ether oxygens (including phenoxy) is 1. The highest BCUT2D eigenvalue weighted by Gasteiger charge is 1.93. The van der Waals surface area contributed by atoms with Crippen LogP contribution in [0.25, 0.3) is 0 Å². The van der Waals surface area contributed by atoms with Crippen molar-refractivity contribution >= 4 is 6.47 Å². The van der Waals surface area contributed by atoms with Gasteiger partial charge in [0, 0.05) is 0 Å². The number of para-hydroxylation sites is 1. The van der Waals surface area contributed by atoms with Gasteiger partial charge in [0.1, 0.15) is 5.75 Å². The van der Waals surface area contributed by atoms with Crippen LogP contribution < -0.4 is 4.74 Å². The average molecular weight is 280 g/mol. The van der Waals surface area contributed by atoms with Gasteiger partial charge in [-0.2, -0.15) is 0 Å². The van der Waals surface area contributed by atoms with Crippen molar-refractivity contribution in [3.63, 3.8) is 0 Å². The van der Waals surface area contributed by atoms with Crippen LogP contribution in [0.2, 0.25) is 0 Å². The number of carboxylic acid groups (broad SMARTS) is 1. The highest BCUT2D eigenvalue weighted by atomic mass is 16.5. The maximum Gasteiger partial charge on any atom is 0.290 e. The molecule has 0 amide bonds. The Morgan fingerprint density at radius 2 is 1.45 bits per heavy atom. The average Bonchev–Trinajstić information content (AvgIpc) is 2.47. The van der Waals surface area contributed by atoms with Crippen LogP contribution in [0.3, 0.4) is 0 Å². The topological polar surface area (TPSA) is 46.5 Å². The summed E-state index contributed by atoms with van der Waals surface area (Å²) in [6, 6.07) is 10.1. The zero-order valence-electron chi connectivity index (χ0n) is 12.6. The van der Waals surface area contributed by atoms with Crippen LogP contribution in [-0.4, -0.2) is 18.2 Å². The highest BCUT2D eigenvalue weighted by Crippen LogP contribution is 2.11. The summed E-state index contributed by atoms with van der Waals surface area (Å²) in [6.45, 7) is 2.87. The number of carbonyl (C=O) groups is 1. The molecule has 0 atom stereocenters. The third-order valence-electron chi connectivity index (χ3n) is 3.01. The summed E-state index contributed by atoms with van der Waals surface area (Å²) in [5.74, 6) is 0.996. The third kappa shape index (κ3) is 12.9. The first kappa shape index (κ1) is 18.5. The Morgan fingerprint density at radius 3 is 2.00 bits per heavy atom.